The van der Waals surface area contributed by atoms with Crippen LogP contribution in [0.3, 0.4) is 0 Å². The van der Waals surface area contributed by atoms with Gasteiger partial charge in [-0.15, -0.1) is 0 Å². The lowest BCUT2D eigenvalue weighted by Crippen LogP contribution is -2.43. The van der Waals surface area contributed by atoms with Crippen LogP contribution in [0.5, 0.6) is 0 Å². The fourth-order valence-corrected chi connectivity index (χ4v) is 3.28. The minimum Gasteiger partial charge on any atom is -0.368 e. The molecule has 1 aromatic heterocycles. The van der Waals surface area contributed by atoms with Crippen molar-refractivity contribution in [1.82, 2.24) is 9.97 Å². The first kappa shape index (κ1) is 12.7. The lowest BCUT2D eigenvalue weighted by Gasteiger charge is -2.32. The quantitative estimate of drug-likeness (QED) is 0.846. The molecule has 1 aliphatic heterocycles. The molecule has 0 radical (unpaired) electrons. The van der Waals surface area contributed by atoms with Gasteiger partial charge in [-0.1, -0.05) is 12.8 Å². The van der Waals surface area contributed by atoms with Crippen molar-refractivity contribution in [1.29, 1.82) is 0 Å². The molecule has 2 aliphatic rings. The summed E-state index contributed by atoms with van der Waals surface area (Å²) in [5.74, 6) is 1.94. The SMILES string of the molecule is Nc1nc(C2CCCC2)cc(N2CCC[C@@H](N)C2)n1. The molecule has 3 rings (SSSR count). The Balaban J connectivity index is 1.84. The van der Waals surface area contributed by atoms with Gasteiger partial charge in [-0.25, -0.2) is 4.98 Å². The van der Waals surface area contributed by atoms with Gasteiger partial charge in [0.2, 0.25) is 5.95 Å². The maximum absolute atomic E-state index is 6.04. The molecule has 104 valence electrons. The maximum atomic E-state index is 6.04. The second-order valence-electron chi connectivity index (χ2n) is 5.84. The molecule has 0 spiro atoms. The highest BCUT2D eigenvalue weighted by atomic mass is 15.2. The van der Waals surface area contributed by atoms with Gasteiger partial charge >= 0.3 is 0 Å². The van der Waals surface area contributed by atoms with Crippen LogP contribution in [0, 0.1) is 0 Å². The number of nitrogen functional groups attached to an aromatic ring is 1. The van der Waals surface area contributed by atoms with Crippen molar-refractivity contribution in [2.24, 2.45) is 5.73 Å². The number of hydrogen-bond acceptors (Lipinski definition) is 5. The molecule has 4 N–H and O–H groups in total. The van der Waals surface area contributed by atoms with E-state index in [2.05, 4.69) is 20.9 Å². The summed E-state index contributed by atoms with van der Waals surface area (Å²) in [6.45, 7) is 1.90. The Morgan fingerprint density at radius 1 is 1.11 bits per heavy atom. The Morgan fingerprint density at radius 2 is 1.89 bits per heavy atom. The highest BCUT2D eigenvalue weighted by Crippen LogP contribution is 2.34. The average molecular weight is 261 g/mol. The summed E-state index contributed by atoms with van der Waals surface area (Å²) in [5, 5.41) is 0. The summed E-state index contributed by atoms with van der Waals surface area (Å²) in [5.41, 5.74) is 13.1. The topological polar surface area (TPSA) is 81.1 Å². The third-order valence-electron chi connectivity index (χ3n) is 4.31. The Labute approximate surface area is 114 Å². The lowest BCUT2D eigenvalue weighted by atomic mass is 10.0. The molecule has 1 aliphatic carbocycles. The first-order chi connectivity index (χ1) is 9.22. The molecule has 1 saturated heterocycles. The van der Waals surface area contributed by atoms with Gasteiger partial charge in [-0.2, -0.15) is 4.98 Å². The molecule has 5 nitrogen and oxygen atoms in total. The van der Waals surface area contributed by atoms with Crippen LogP contribution in [0.4, 0.5) is 11.8 Å². The highest BCUT2D eigenvalue weighted by Gasteiger charge is 2.23. The molecule has 2 heterocycles. The molecule has 1 aromatic rings. The van der Waals surface area contributed by atoms with E-state index in [4.69, 9.17) is 11.5 Å². The fourth-order valence-electron chi connectivity index (χ4n) is 3.28. The third kappa shape index (κ3) is 2.81. The Hall–Kier alpha value is -1.36. The van der Waals surface area contributed by atoms with E-state index in [1.807, 2.05) is 0 Å². The zero-order chi connectivity index (χ0) is 13.2. The van der Waals surface area contributed by atoms with Gasteiger partial charge in [0, 0.05) is 31.1 Å². The normalized spacial score (nSPS) is 24.9. The van der Waals surface area contributed by atoms with Crippen LogP contribution in [0.25, 0.3) is 0 Å². The Morgan fingerprint density at radius 3 is 2.63 bits per heavy atom. The summed E-state index contributed by atoms with van der Waals surface area (Å²) in [4.78, 5) is 11.1. The molecule has 0 amide bonds. The molecule has 0 bridgehead atoms. The Bertz CT molecular complexity index is 441. The van der Waals surface area contributed by atoms with E-state index in [0.29, 0.717) is 11.9 Å². The van der Waals surface area contributed by atoms with Crippen LogP contribution in [0.2, 0.25) is 0 Å². The molecule has 5 heteroatoms. The van der Waals surface area contributed by atoms with E-state index in [0.717, 1.165) is 37.4 Å². The van der Waals surface area contributed by atoms with Crippen LogP contribution in [-0.2, 0) is 0 Å². The number of aromatic nitrogens is 2. The van der Waals surface area contributed by atoms with Crippen molar-refractivity contribution >= 4 is 11.8 Å². The molecule has 0 aromatic carbocycles. The van der Waals surface area contributed by atoms with Crippen LogP contribution in [0.1, 0.15) is 50.1 Å². The number of rotatable bonds is 2. The largest absolute Gasteiger partial charge is 0.368 e. The third-order valence-corrected chi connectivity index (χ3v) is 4.31. The lowest BCUT2D eigenvalue weighted by molar-refractivity contribution is 0.502. The molecule has 2 fully saturated rings. The number of nitrogens with two attached hydrogens (primary N) is 2. The van der Waals surface area contributed by atoms with Gasteiger partial charge in [0.1, 0.15) is 5.82 Å². The Kier molecular flexibility index (Phi) is 3.55. The maximum Gasteiger partial charge on any atom is 0.222 e. The van der Waals surface area contributed by atoms with Crippen LogP contribution < -0.4 is 16.4 Å². The van der Waals surface area contributed by atoms with Gasteiger partial charge in [0.15, 0.2) is 0 Å². The number of anilines is 2. The van der Waals surface area contributed by atoms with Crippen molar-refractivity contribution < 1.29 is 0 Å². The summed E-state index contributed by atoms with van der Waals surface area (Å²) in [7, 11) is 0. The molecular formula is C14H23N5. The molecule has 1 saturated carbocycles. The number of hydrogen-bond donors (Lipinski definition) is 2. The first-order valence-electron chi connectivity index (χ1n) is 7.37. The number of piperidine rings is 1. The predicted molar refractivity (Wildman–Crippen MR) is 77.1 cm³/mol. The van der Waals surface area contributed by atoms with E-state index in [1.54, 1.807) is 0 Å². The van der Waals surface area contributed by atoms with Crippen LogP contribution >= 0.6 is 0 Å². The van der Waals surface area contributed by atoms with Gasteiger partial charge in [0.05, 0.1) is 5.69 Å². The monoisotopic (exact) mass is 261 g/mol. The van der Waals surface area contributed by atoms with Gasteiger partial charge in [-0.3, -0.25) is 0 Å². The number of nitrogens with zero attached hydrogens (tertiary/aromatic N) is 3. The van der Waals surface area contributed by atoms with Crippen molar-refractivity contribution in [2.75, 3.05) is 23.7 Å². The van der Waals surface area contributed by atoms with E-state index >= 15 is 0 Å². The fraction of sp³-hybridized carbons (Fsp3) is 0.714. The summed E-state index contributed by atoms with van der Waals surface area (Å²) in [6, 6.07) is 2.38. The summed E-state index contributed by atoms with van der Waals surface area (Å²) < 4.78 is 0. The van der Waals surface area contributed by atoms with Gasteiger partial charge in [0.25, 0.3) is 0 Å². The second kappa shape index (κ2) is 5.33. The molecule has 1 atom stereocenters. The molecular weight excluding hydrogens is 238 g/mol. The molecule has 19 heavy (non-hydrogen) atoms. The van der Waals surface area contributed by atoms with Crippen molar-refractivity contribution in [3.63, 3.8) is 0 Å². The van der Waals surface area contributed by atoms with E-state index < -0.39 is 0 Å². The second-order valence-corrected chi connectivity index (χ2v) is 5.84. The predicted octanol–water partition coefficient (Wildman–Crippen LogP) is 1.64. The molecule has 0 unspecified atom stereocenters. The minimum atomic E-state index is 0.250. The summed E-state index contributed by atoms with van der Waals surface area (Å²) in [6.07, 6.45) is 7.30. The van der Waals surface area contributed by atoms with Gasteiger partial charge < -0.3 is 16.4 Å². The first-order valence-corrected chi connectivity index (χ1v) is 7.37. The van der Waals surface area contributed by atoms with E-state index in [-0.39, 0.29) is 6.04 Å². The average Bonchev–Trinajstić information content (AvgIpc) is 2.92. The highest BCUT2D eigenvalue weighted by molar-refractivity contribution is 5.45. The van der Waals surface area contributed by atoms with E-state index in [1.165, 1.54) is 25.7 Å². The zero-order valence-electron chi connectivity index (χ0n) is 11.4. The van der Waals surface area contributed by atoms with Crippen molar-refractivity contribution in [3.8, 4) is 0 Å². The van der Waals surface area contributed by atoms with Crippen LogP contribution in [-0.4, -0.2) is 29.1 Å². The van der Waals surface area contributed by atoms with Crippen LogP contribution in [0.15, 0.2) is 6.07 Å². The zero-order valence-corrected chi connectivity index (χ0v) is 11.4. The minimum absolute atomic E-state index is 0.250. The van der Waals surface area contributed by atoms with E-state index in [9.17, 15) is 0 Å². The summed E-state index contributed by atoms with van der Waals surface area (Å²) >= 11 is 0. The van der Waals surface area contributed by atoms with Crippen molar-refractivity contribution in [2.45, 2.75) is 50.5 Å². The standard InChI is InChI=1S/C14H23N5/c15-11-6-3-7-19(9-11)13-8-12(17-14(16)18-13)10-4-1-2-5-10/h8,10-11H,1-7,9,15H2,(H2,16,17,18)/t11-/m1/s1. The van der Waals surface area contributed by atoms with Crippen molar-refractivity contribution in [3.05, 3.63) is 11.8 Å². The smallest absolute Gasteiger partial charge is 0.222 e. The van der Waals surface area contributed by atoms with Gasteiger partial charge in [-0.05, 0) is 25.7 Å².